The van der Waals surface area contributed by atoms with Gasteiger partial charge < -0.3 is 14.0 Å². The fourth-order valence-electron chi connectivity index (χ4n) is 7.53. The monoisotopic (exact) mass is 649 g/mol. The van der Waals surface area contributed by atoms with E-state index in [1.807, 2.05) is 42.5 Å². The van der Waals surface area contributed by atoms with E-state index in [1.54, 1.807) is 28.7 Å². The minimum Gasteiger partial charge on any atom is -0.453 e. The van der Waals surface area contributed by atoms with Gasteiger partial charge in [-0.15, -0.1) is 0 Å². The van der Waals surface area contributed by atoms with Crippen LogP contribution in [0.2, 0.25) is 0 Å². The van der Waals surface area contributed by atoms with Gasteiger partial charge in [0.2, 0.25) is 0 Å². The zero-order valence-electron chi connectivity index (χ0n) is 26.2. The van der Waals surface area contributed by atoms with Gasteiger partial charge in [0.15, 0.2) is 22.4 Å². The Kier molecular flexibility index (Phi) is 5.72. The largest absolute Gasteiger partial charge is 0.453 e. The zero-order chi connectivity index (χ0) is 33.7. The lowest BCUT2D eigenvalue weighted by Gasteiger charge is -2.33. The van der Waals surface area contributed by atoms with Crippen LogP contribution in [0.4, 0.5) is 22.7 Å². The molecular weight excluding hydrogens is 626 g/mol. The minimum absolute atomic E-state index is 0.155. The Hall–Kier alpha value is -7.06. The van der Waals surface area contributed by atoms with E-state index in [0.29, 0.717) is 55.3 Å². The molecule has 0 aliphatic carbocycles. The van der Waals surface area contributed by atoms with Crippen molar-refractivity contribution in [2.75, 3.05) is 4.90 Å². The van der Waals surface area contributed by atoms with Crippen LogP contribution in [0.25, 0.3) is 60.0 Å². The van der Waals surface area contributed by atoms with Crippen LogP contribution < -0.4 is 20.5 Å². The highest BCUT2D eigenvalue weighted by Gasteiger charge is 2.28. The Morgan fingerprint density at radius 2 is 1.24 bits per heavy atom. The van der Waals surface area contributed by atoms with Gasteiger partial charge in [-0.25, -0.2) is 0 Å². The van der Waals surface area contributed by atoms with Crippen molar-refractivity contribution in [3.05, 3.63) is 170 Å². The number of anilines is 3. The van der Waals surface area contributed by atoms with Gasteiger partial charge in [-0.3, -0.25) is 19.7 Å². The second-order valence-corrected chi connectivity index (χ2v) is 12.5. The molecule has 0 fully saturated rings. The van der Waals surface area contributed by atoms with Gasteiger partial charge in [-0.2, -0.15) is 0 Å². The molecule has 3 heterocycles. The summed E-state index contributed by atoms with van der Waals surface area (Å²) in [6.07, 6.45) is 0. The first kappa shape index (κ1) is 28.0. The van der Waals surface area contributed by atoms with E-state index >= 15 is 0 Å². The van der Waals surface area contributed by atoms with Crippen molar-refractivity contribution < 1.29 is 9.66 Å². The summed E-state index contributed by atoms with van der Waals surface area (Å²) in [5.74, 6) is 1.13. The lowest BCUT2D eigenvalue weighted by Crippen LogP contribution is -2.18. The van der Waals surface area contributed by atoms with Gasteiger partial charge in [-0.1, -0.05) is 72.8 Å². The van der Waals surface area contributed by atoms with Crippen LogP contribution in [-0.4, -0.2) is 9.32 Å². The molecule has 8 heteroatoms. The molecule has 236 valence electrons. The molecule has 0 saturated carbocycles. The van der Waals surface area contributed by atoms with Crippen LogP contribution in [0.3, 0.4) is 0 Å². The summed E-state index contributed by atoms with van der Waals surface area (Å²) in [6.45, 7) is 0. The SMILES string of the molecule is O=c1c2ccc([N+](=O)[O-])cc2n2c3cc4c(cc3c(=O)c3cccc1c32)N(c1ccc(-c2cccc3ccccc23)cc1)c1ccccc1O4. The molecule has 0 amide bonds. The van der Waals surface area contributed by atoms with Crippen molar-refractivity contribution in [2.24, 2.45) is 0 Å². The maximum absolute atomic E-state index is 14.3. The van der Waals surface area contributed by atoms with E-state index in [4.69, 9.17) is 4.74 Å². The highest BCUT2D eigenvalue weighted by Crippen LogP contribution is 2.51. The number of fused-ring (bicyclic) bond motifs is 7. The Balaban J connectivity index is 1.25. The maximum atomic E-state index is 14.3. The second kappa shape index (κ2) is 10.2. The molecule has 50 heavy (non-hydrogen) atoms. The molecule has 0 saturated heterocycles. The van der Waals surface area contributed by atoms with Crippen LogP contribution in [0.5, 0.6) is 11.5 Å². The summed E-state index contributed by atoms with van der Waals surface area (Å²) in [5.41, 5.74) is 5.11. The first-order valence-corrected chi connectivity index (χ1v) is 16.1. The molecule has 8 nitrogen and oxygen atoms in total. The standard InChI is InChI=1S/C42H23N3O5/c46-41-30-20-19-27(45(48)49)21-35(30)44-36-23-39-37(22-33(36)42(47)32-12-6-11-31(41)40(32)44)43(34-13-3-4-14-38(34)50-39)26-17-15-25(16-18-26)29-10-5-8-24-7-1-2-9-28(24)29/h1-23H. The van der Waals surface area contributed by atoms with E-state index in [9.17, 15) is 19.7 Å². The molecule has 0 atom stereocenters. The normalized spacial score (nSPS) is 12.4. The Morgan fingerprint density at radius 1 is 0.560 bits per heavy atom. The minimum atomic E-state index is -0.488. The van der Waals surface area contributed by atoms with Crippen molar-refractivity contribution in [3.63, 3.8) is 0 Å². The van der Waals surface area contributed by atoms with Gasteiger partial charge in [0.05, 0.1) is 32.8 Å². The van der Waals surface area contributed by atoms with Crippen LogP contribution in [0, 0.1) is 10.1 Å². The zero-order valence-corrected chi connectivity index (χ0v) is 26.2. The third-order valence-electron chi connectivity index (χ3n) is 9.78. The average molecular weight is 650 g/mol. The summed E-state index contributed by atoms with van der Waals surface area (Å²) >= 11 is 0. The molecule has 0 bridgehead atoms. The Bertz CT molecular complexity index is 3040. The van der Waals surface area contributed by atoms with E-state index in [-0.39, 0.29) is 16.5 Å². The first-order valence-electron chi connectivity index (χ1n) is 16.1. The van der Waals surface area contributed by atoms with Crippen molar-refractivity contribution in [1.82, 2.24) is 4.40 Å². The molecule has 0 unspecified atom stereocenters. The molecule has 0 N–H and O–H groups in total. The number of nitrogens with zero attached hydrogens (tertiary/aromatic N) is 3. The molecular formula is C42H23N3O5. The summed E-state index contributed by atoms with van der Waals surface area (Å²) in [4.78, 5) is 41.4. The molecule has 1 aliphatic heterocycles. The van der Waals surface area contributed by atoms with E-state index < -0.39 is 4.92 Å². The van der Waals surface area contributed by atoms with Gasteiger partial charge in [0.1, 0.15) is 0 Å². The number of hydrogen-bond donors (Lipinski definition) is 0. The molecule has 2 aromatic heterocycles. The lowest BCUT2D eigenvalue weighted by atomic mass is 9.98. The molecule has 9 aromatic rings. The summed E-state index contributed by atoms with van der Waals surface area (Å²) in [6, 6.07) is 43.6. The highest BCUT2D eigenvalue weighted by atomic mass is 16.6. The van der Waals surface area contributed by atoms with Crippen LogP contribution in [0.15, 0.2) is 149 Å². The Morgan fingerprint density at radius 3 is 2.06 bits per heavy atom. The van der Waals surface area contributed by atoms with E-state index in [2.05, 4.69) is 59.5 Å². The number of non-ortho nitro benzene ring substituents is 1. The Labute approximate surface area is 282 Å². The van der Waals surface area contributed by atoms with E-state index in [0.717, 1.165) is 22.5 Å². The van der Waals surface area contributed by atoms with Crippen molar-refractivity contribution >= 4 is 71.6 Å². The highest BCUT2D eigenvalue weighted by molar-refractivity contribution is 6.09. The smallest absolute Gasteiger partial charge is 0.271 e. The van der Waals surface area contributed by atoms with Gasteiger partial charge in [0.25, 0.3) is 5.69 Å². The van der Waals surface area contributed by atoms with E-state index in [1.165, 1.54) is 29.0 Å². The number of benzene rings is 7. The number of hydrogen-bond acceptors (Lipinski definition) is 6. The topological polar surface area (TPSA) is 94.2 Å². The number of pyridine rings is 2. The molecule has 1 aliphatic rings. The van der Waals surface area contributed by atoms with Gasteiger partial charge >= 0.3 is 0 Å². The maximum Gasteiger partial charge on any atom is 0.271 e. The summed E-state index contributed by atoms with van der Waals surface area (Å²) in [5, 5.41) is 15.6. The molecule has 0 radical (unpaired) electrons. The number of para-hydroxylation sites is 3. The number of aromatic nitrogens is 1. The third kappa shape index (κ3) is 3.87. The van der Waals surface area contributed by atoms with Crippen molar-refractivity contribution in [1.29, 1.82) is 0 Å². The molecule has 10 rings (SSSR count). The van der Waals surface area contributed by atoms with Crippen LogP contribution >= 0.6 is 0 Å². The number of nitro benzene ring substituents is 1. The first-order chi connectivity index (χ1) is 24.5. The summed E-state index contributed by atoms with van der Waals surface area (Å²) < 4.78 is 8.31. The third-order valence-corrected chi connectivity index (χ3v) is 9.78. The predicted molar refractivity (Wildman–Crippen MR) is 198 cm³/mol. The molecule has 0 spiro atoms. The second-order valence-electron chi connectivity index (χ2n) is 12.5. The van der Waals surface area contributed by atoms with Crippen molar-refractivity contribution in [3.8, 4) is 22.6 Å². The quantitative estimate of drug-likeness (QED) is 0.0819. The fraction of sp³-hybridized carbons (Fsp3) is 0. The number of rotatable bonds is 3. The van der Waals surface area contributed by atoms with Crippen LogP contribution in [0.1, 0.15) is 0 Å². The predicted octanol–water partition coefficient (Wildman–Crippen LogP) is 9.86. The van der Waals surface area contributed by atoms with Gasteiger partial charge in [-0.05, 0) is 70.4 Å². The average Bonchev–Trinajstić information content (AvgIpc) is 3.15. The summed E-state index contributed by atoms with van der Waals surface area (Å²) in [7, 11) is 0. The van der Waals surface area contributed by atoms with Gasteiger partial charge in [0, 0.05) is 45.4 Å². The van der Waals surface area contributed by atoms with Crippen LogP contribution in [-0.2, 0) is 0 Å². The van der Waals surface area contributed by atoms with Crippen molar-refractivity contribution in [2.45, 2.75) is 0 Å². The number of ether oxygens (including phenoxy) is 1. The lowest BCUT2D eigenvalue weighted by molar-refractivity contribution is -0.384. The number of nitro groups is 1. The molecule has 7 aromatic carbocycles. The fourth-order valence-corrected chi connectivity index (χ4v) is 7.53.